The Morgan fingerprint density at radius 3 is 1.95 bits per heavy atom. The SMILES string of the molecule is C=CCOC(COCC)COc1c(CC2CO2)ccc2c(OCC3CO3)c(CC(COCC)OCC=C)ccc12. The van der Waals surface area contributed by atoms with Gasteiger partial charge in [-0.2, -0.15) is 0 Å². The van der Waals surface area contributed by atoms with E-state index in [-0.39, 0.29) is 24.4 Å². The highest BCUT2D eigenvalue weighted by Crippen LogP contribution is 2.40. The lowest BCUT2D eigenvalue weighted by molar-refractivity contribution is -0.0245. The first-order chi connectivity index (χ1) is 19.7. The Morgan fingerprint density at radius 1 is 0.775 bits per heavy atom. The fraction of sp³-hybridized carbons (Fsp3) is 0.562. The van der Waals surface area contributed by atoms with Gasteiger partial charge >= 0.3 is 0 Å². The minimum atomic E-state index is -0.221. The van der Waals surface area contributed by atoms with E-state index in [0.29, 0.717) is 59.3 Å². The van der Waals surface area contributed by atoms with Crippen molar-refractivity contribution in [3.8, 4) is 11.5 Å². The van der Waals surface area contributed by atoms with Crippen molar-refractivity contribution < 1.29 is 37.9 Å². The quantitative estimate of drug-likeness (QED) is 0.153. The van der Waals surface area contributed by atoms with Crippen molar-refractivity contribution in [2.24, 2.45) is 0 Å². The van der Waals surface area contributed by atoms with Crippen LogP contribution in [0.25, 0.3) is 10.8 Å². The first kappa shape index (κ1) is 30.5. The largest absolute Gasteiger partial charge is 0.490 e. The van der Waals surface area contributed by atoms with Crippen molar-refractivity contribution >= 4 is 10.8 Å². The molecule has 0 aromatic heterocycles. The maximum absolute atomic E-state index is 6.52. The molecule has 2 aliphatic rings. The molecule has 0 spiro atoms. The van der Waals surface area contributed by atoms with E-state index in [4.69, 9.17) is 37.9 Å². The molecule has 0 amide bonds. The zero-order valence-corrected chi connectivity index (χ0v) is 23.9. The lowest BCUT2D eigenvalue weighted by Crippen LogP contribution is -2.27. The molecule has 8 nitrogen and oxygen atoms in total. The Kier molecular flexibility index (Phi) is 12.3. The average molecular weight is 557 g/mol. The molecule has 40 heavy (non-hydrogen) atoms. The number of rotatable bonds is 22. The second kappa shape index (κ2) is 16.1. The van der Waals surface area contributed by atoms with E-state index in [0.717, 1.165) is 53.0 Å². The highest BCUT2D eigenvalue weighted by Gasteiger charge is 2.28. The minimum Gasteiger partial charge on any atom is -0.490 e. The summed E-state index contributed by atoms with van der Waals surface area (Å²) < 4.78 is 47.2. The highest BCUT2D eigenvalue weighted by molar-refractivity contribution is 5.95. The summed E-state index contributed by atoms with van der Waals surface area (Å²) in [6.07, 6.45) is 4.92. The number of hydrogen-bond acceptors (Lipinski definition) is 8. The molecule has 4 unspecified atom stereocenters. The van der Waals surface area contributed by atoms with Gasteiger partial charge < -0.3 is 37.9 Å². The van der Waals surface area contributed by atoms with Crippen molar-refractivity contribution in [2.45, 2.75) is 51.1 Å². The van der Waals surface area contributed by atoms with Gasteiger partial charge in [-0.25, -0.2) is 0 Å². The molecule has 0 radical (unpaired) electrons. The Labute approximate surface area is 238 Å². The van der Waals surface area contributed by atoms with Gasteiger partial charge in [0, 0.05) is 36.8 Å². The van der Waals surface area contributed by atoms with E-state index >= 15 is 0 Å². The van der Waals surface area contributed by atoms with Crippen LogP contribution in [0, 0.1) is 0 Å². The third-order valence-corrected chi connectivity index (χ3v) is 6.71. The molecule has 2 saturated heterocycles. The van der Waals surface area contributed by atoms with Crippen molar-refractivity contribution in [2.75, 3.05) is 66.1 Å². The summed E-state index contributed by atoms with van der Waals surface area (Å²) in [6, 6.07) is 8.47. The van der Waals surface area contributed by atoms with Gasteiger partial charge in [0.2, 0.25) is 0 Å². The zero-order valence-electron chi connectivity index (χ0n) is 23.9. The molecular formula is C32H44O8. The van der Waals surface area contributed by atoms with Gasteiger partial charge in [-0.15, -0.1) is 13.2 Å². The molecule has 0 bridgehead atoms. The molecule has 0 saturated carbocycles. The average Bonchev–Trinajstić information content (AvgIpc) is 3.90. The van der Waals surface area contributed by atoms with Crippen LogP contribution in [0.1, 0.15) is 25.0 Å². The lowest BCUT2D eigenvalue weighted by Gasteiger charge is -2.23. The molecule has 2 fully saturated rings. The molecule has 2 aromatic carbocycles. The zero-order chi connectivity index (χ0) is 28.2. The van der Waals surface area contributed by atoms with Crippen LogP contribution in [0.3, 0.4) is 0 Å². The number of ether oxygens (including phenoxy) is 8. The van der Waals surface area contributed by atoms with Crippen LogP contribution >= 0.6 is 0 Å². The van der Waals surface area contributed by atoms with Gasteiger partial charge in [-0.1, -0.05) is 36.4 Å². The minimum absolute atomic E-state index is 0.127. The van der Waals surface area contributed by atoms with Crippen LogP contribution in [-0.2, 0) is 41.3 Å². The Bertz CT molecular complexity index is 1080. The van der Waals surface area contributed by atoms with Crippen LogP contribution in [0.2, 0.25) is 0 Å². The van der Waals surface area contributed by atoms with Gasteiger partial charge in [0.1, 0.15) is 36.9 Å². The number of fused-ring (bicyclic) bond motifs is 1. The second-order valence-corrected chi connectivity index (χ2v) is 9.95. The highest BCUT2D eigenvalue weighted by atomic mass is 16.6. The maximum Gasteiger partial charge on any atom is 0.130 e. The number of hydrogen-bond donors (Lipinski definition) is 0. The van der Waals surface area contributed by atoms with Crippen LogP contribution in [0.5, 0.6) is 11.5 Å². The summed E-state index contributed by atoms with van der Waals surface area (Å²) >= 11 is 0. The summed E-state index contributed by atoms with van der Waals surface area (Å²) in [5.74, 6) is 1.65. The van der Waals surface area contributed by atoms with Crippen LogP contribution in [-0.4, -0.2) is 90.5 Å². The van der Waals surface area contributed by atoms with Crippen LogP contribution in [0.15, 0.2) is 49.6 Å². The topological polar surface area (TPSA) is 80.4 Å². The number of epoxide rings is 2. The third kappa shape index (κ3) is 9.29. The predicted molar refractivity (Wildman–Crippen MR) is 155 cm³/mol. The molecule has 4 atom stereocenters. The van der Waals surface area contributed by atoms with E-state index in [1.165, 1.54) is 0 Å². The first-order valence-corrected chi connectivity index (χ1v) is 14.3. The molecular weight excluding hydrogens is 512 g/mol. The fourth-order valence-corrected chi connectivity index (χ4v) is 4.51. The van der Waals surface area contributed by atoms with Crippen molar-refractivity contribution in [1.29, 1.82) is 0 Å². The van der Waals surface area contributed by atoms with E-state index in [1.54, 1.807) is 12.2 Å². The van der Waals surface area contributed by atoms with Gasteiger partial charge in [0.15, 0.2) is 0 Å². The number of benzene rings is 2. The first-order valence-electron chi connectivity index (χ1n) is 14.3. The summed E-state index contributed by atoms with van der Waals surface area (Å²) in [6.45, 7) is 16.9. The predicted octanol–water partition coefficient (Wildman–Crippen LogP) is 4.70. The van der Waals surface area contributed by atoms with E-state index in [2.05, 4.69) is 37.4 Å². The van der Waals surface area contributed by atoms with E-state index < -0.39 is 0 Å². The standard InChI is InChI=1S/C32H44O8/c1-5-13-35-25(17-33-7-3)15-23-9-11-30-29(31(23)40-22-28-20-38-28)12-10-24(16-26-19-37-26)32(30)39-21-27(18-34-8-4)36-14-6-2/h5-6,9-12,25-28H,1-2,7-8,13-22H2,3-4H3. The third-order valence-electron chi connectivity index (χ3n) is 6.71. The van der Waals surface area contributed by atoms with Gasteiger partial charge in [-0.3, -0.25) is 0 Å². The molecule has 2 aromatic rings. The monoisotopic (exact) mass is 556 g/mol. The molecule has 0 aliphatic carbocycles. The molecule has 2 heterocycles. The smallest absolute Gasteiger partial charge is 0.130 e. The molecule has 4 rings (SSSR count). The fourth-order valence-electron chi connectivity index (χ4n) is 4.51. The molecule has 2 aliphatic heterocycles. The summed E-state index contributed by atoms with van der Waals surface area (Å²) in [4.78, 5) is 0. The molecule has 0 N–H and O–H groups in total. The Balaban J connectivity index is 1.66. The van der Waals surface area contributed by atoms with E-state index in [9.17, 15) is 0 Å². The molecule has 220 valence electrons. The van der Waals surface area contributed by atoms with Gasteiger partial charge in [-0.05, 0) is 25.0 Å². The lowest BCUT2D eigenvalue weighted by atomic mass is 9.97. The second-order valence-electron chi connectivity index (χ2n) is 9.95. The van der Waals surface area contributed by atoms with Crippen LogP contribution in [0.4, 0.5) is 0 Å². The molecule has 8 heteroatoms. The summed E-state index contributed by atoms with van der Waals surface area (Å²) in [5.41, 5.74) is 2.15. The van der Waals surface area contributed by atoms with Crippen LogP contribution < -0.4 is 9.47 Å². The van der Waals surface area contributed by atoms with Gasteiger partial charge in [0.05, 0.1) is 51.8 Å². The maximum atomic E-state index is 6.52. The Morgan fingerprint density at radius 2 is 1.35 bits per heavy atom. The van der Waals surface area contributed by atoms with Gasteiger partial charge in [0.25, 0.3) is 0 Å². The van der Waals surface area contributed by atoms with Crippen molar-refractivity contribution in [3.05, 3.63) is 60.7 Å². The van der Waals surface area contributed by atoms with Crippen molar-refractivity contribution in [1.82, 2.24) is 0 Å². The summed E-state index contributed by atoms with van der Waals surface area (Å²) in [7, 11) is 0. The normalized spacial score (nSPS) is 19.2. The van der Waals surface area contributed by atoms with E-state index in [1.807, 2.05) is 13.8 Å². The summed E-state index contributed by atoms with van der Waals surface area (Å²) in [5, 5.41) is 1.97. The Hall–Kier alpha value is -2.46. The van der Waals surface area contributed by atoms with Crippen molar-refractivity contribution in [3.63, 3.8) is 0 Å².